The van der Waals surface area contributed by atoms with E-state index in [4.69, 9.17) is 9.47 Å². The number of aromatic nitrogens is 4. The van der Waals surface area contributed by atoms with E-state index in [1.54, 1.807) is 36.4 Å². The number of imidazole rings is 2. The number of alkyl halides is 6. The second-order valence-electron chi connectivity index (χ2n) is 9.24. The normalized spacial score (nSPS) is 12.3. The van der Waals surface area contributed by atoms with Crippen LogP contribution in [-0.2, 0) is 0 Å². The molecular formula is C28H24F6N4O2. The molecular weight excluding hydrogens is 538 g/mol. The Bertz CT molecular complexity index is 1470. The molecule has 0 aliphatic carbocycles. The Morgan fingerprint density at radius 2 is 0.975 bits per heavy atom. The number of halogens is 6. The van der Waals surface area contributed by atoms with Crippen molar-refractivity contribution in [3.05, 3.63) is 60.7 Å². The van der Waals surface area contributed by atoms with Crippen LogP contribution in [0, 0.1) is 0 Å². The minimum atomic E-state index is -4.20. The average Bonchev–Trinajstić information content (AvgIpc) is 3.52. The second-order valence-corrected chi connectivity index (χ2v) is 9.24. The van der Waals surface area contributed by atoms with Crippen molar-refractivity contribution >= 4 is 22.1 Å². The van der Waals surface area contributed by atoms with Gasteiger partial charge in [-0.25, -0.2) is 9.97 Å². The maximum Gasteiger partial charge on any atom is 0.389 e. The highest BCUT2D eigenvalue weighted by atomic mass is 19.4. The molecule has 2 aromatic heterocycles. The van der Waals surface area contributed by atoms with Gasteiger partial charge in [-0.1, -0.05) is 24.3 Å². The molecule has 12 heteroatoms. The lowest BCUT2D eigenvalue weighted by Crippen LogP contribution is -2.09. The van der Waals surface area contributed by atoms with Crippen LogP contribution in [0.2, 0.25) is 0 Å². The fourth-order valence-electron chi connectivity index (χ4n) is 4.14. The molecule has 5 aromatic rings. The Morgan fingerprint density at radius 3 is 1.35 bits per heavy atom. The molecule has 210 valence electrons. The van der Waals surface area contributed by atoms with Gasteiger partial charge in [0.2, 0.25) is 0 Å². The lowest BCUT2D eigenvalue weighted by Gasteiger charge is -2.08. The van der Waals surface area contributed by atoms with Crippen LogP contribution in [0.1, 0.15) is 25.7 Å². The van der Waals surface area contributed by atoms with Gasteiger partial charge in [0.1, 0.15) is 23.1 Å². The monoisotopic (exact) mass is 562 g/mol. The molecule has 3 aromatic carbocycles. The van der Waals surface area contributed by atoms with Crippen LogP contribution >= 0.6 is 0 Å². The van der Waals surface area contributed by atoms with E-state index in [1.807, 2.05) is 24.3 Å². The Balaban J connectivity index is 1.24. The number of ether oxygens (including phenoxy) is 2. The van der Waals surface area contributed by atoms with Crippen molar-refractivity contribution in [2.75, 3.05) is 13.2 Å². The molecule has 5 rings (SSSR count). The summed E-state index contributed by atoms with van der Waals surface area (Å²) in [6.07, 6.45) is -10.4. The first-order chi connectivity index (χ1) is 19.0. The average molecular weight is 563 g/mol. The topological polar surface area (TPSA) is 75.8 Å². The molecule has 0 amide bonds. The smallest absolute Gasteiger partial charge is 0.389 e. The number of hydrogen-bond acceptors (Lipinski definition) is 4. The summed E-state index contributed by atoms with van der Waals surface area (Å²) in [4.78, 5) is 15.6. The highest BCUT2D eigenvalue weighted by Crippen LogP contribution is 2.29. The summed E-state index contributed by atoms with van der Waals surface area (Å²) in [7, 11) is 0. The Kier molecular flexibility index (Phi) is 7.59. The molecule has 0 atom stereocenters. The first kappa shape index (κ1) is 27.4. The summed E-state index contributed by atoms with van der Waals surface area (Å²) in [5, 5.41) is 0. The van der Waals surface area contributed by atoms with Crippen molar-refractivity contribution in [2.45, 2.75) is 38.0 Å². The Hall–Kier alpha value is -4.22. The maximum absolute atomic E-state index is 12.3. The first-order valence-corrected chi connectivity index (χ1v) is 12.5. The highest BCUT2D eigenvalue weighted by Gasteiger charge is 2.26. The number of H-pyrrole nitrogens is 2. The fourth-order valence-corrected chi connectivity index (χ4v) is 4.14. The van der Waals surface area contributed by atoms with Gasteiger partial charge in [0.15, 0.2) is 0 Å². The van der Waals surface area contributed by atoms with Gasteiger partial charge in [0.25, 0.3) is 0 Å². The van der Waals surface area contributed by atoms with E-state index in [9.17, 15) is 26.3 Å². The van der Waals surface area contributed by atoms with Gasteiger partial charge in [-0.3, -0.25) is 0 Å². The van der Waals surface area contributed by atoms with Crippen LogP contribution < -0.4 is 9.47 Å². The van der Waals surface area contributed by atoms with Crippen molar-refractivity contribution in [3.8, 4) is 34.3 Å². The van der Waals surface area contributed by atoms with E-state index in [1.165, 1.54) is 0 Å². The van der Waals surface area contributed by atoms with E-state index < -0.39 is 25.2 Å². The third kappa shape index (κ3) is 7.04. The number of nitrogens with one attached hydrogen (secondary N) is 2. The van der Waals surface area contributed by atoms with Crippen molar-refractivity contribution < 1.29 is 35.8 Å². The summed E-state index contributed by atoms with van der Waals surface area (Å²) < 4.78 is 84.8. The molecule has 0 saturated heterocycles. The van der Waals surface area contributed by atoms with Crippen molar-refractivity contribution in [2.24, 2.45) is 0 Å². The minimum Gasteiger partial charge on any atom is -0.494 e. The summed E-state index contributed by atoms with van der Waals surface area (Å²) in [6.45, 7) is -0.0723. The Labute approximate surface area is 224 Å². The van der Waals surface area contributed by atoms with E-state index in [-0.39, 0.29) is 26.1 Å². The van der Waals surface area contributed by atoms with Gasteiger partial charge in [-0.15, -0.1) is 0 Å². The van der Waals surface area contributed by atoms with Crippen LogP contribution in [0.15, 0.2) is 60.7 Å². The third-order valence-corrected chi connectivity index (χ3v) is 6.09. The zero-order valence-corrected chi connectivity index (χ0v) is 21.0. The quantitative estimate of drug-likeness (QED) is 0.133. The zero-order valence-electron chi connectivity index (χ0n) is 21.0. The second kappa shape index (κ2) is 11.1. The molecule has 0 fully saturated rings. The number of benzene rings is 3. The molecule has 0 bridgehead atoms. The molecule has 0 unspecified atom stereocenters. The van der Waals surface area contributed by atoms with E-state index in [0.29, 0.717) is 45.2 Å². The number of rotatable bonds is 10. The standard InChI is InChI=1S/C28H24F6N4O2/c29-27(30,31)11-1-13-39-19-7-9-21-23(15-19)37-25(35-21)17-3-5-18(6-4-17)26-36-22-10-8-20(16-24(22)38-26)40-14-2-12-28(32,33)34/h3-10,15-16H,1-2,11-14H2,(H,35,37)(H,36,38). The predicted molar refractivity (Wildman–Crippen MR) is 138 cm³/mol. The first-order valence-electron chi connectivity index (χ1n) is 12.5. The largest absolute Gasteiger partial charge is 0.494 e. The Morgan fingerprint density at radius 1 is 0.575 bits per heavy atom. The van der Waals surface area contributed by atoms with Gasteiger partial charge < -0.3 is 19.4 Å². The van der Waals surface area contributed by atoms with E-state index >= 15 is 0 Å². The van der Waals surface area contributed by atoms with Crippen LogP contribution in [-0.4, -0.2) is 45.5 Å². The lowest BCUT2D eigenvalue weighted by molar-refractivity contribution is -0.137. The summed E-state index contributed by atoms with van der Waals surface area (Å²) in [5.41, 5.74) is 4.41. The molecule has 40 heavy (non-hydrogen) atoms. The summed E-state index contributed by atoms with van der Waals surface area (Å²) in [6, 6.07) is 17.8. The highest BCUT2D eigenvalue weighted by molar-refractivity contribution is 5.82. The number of aromatic amines is 2. The molecule has 2 N–H and O–H groups in total. The molecule has 0 radical (unpaired) electrons. The van der Waals surface area contributed by atoms with E-state index in [0.717, 1.165) is 11.1 Å². The van der Waals surface area contributed by atoms with Crippen LogP contribution in [0.5, 0.6) is 11.5 Å². The number of nitrogens with zero attached hydrogens (tertiary/aromatic N) is 2. The summed E-state index contributed by atoms with van der Waals surface area (Å²) in [5.74, 6) is 2.15. The fraction of sp³-hybridized carbons (Fsp3) is 0.286. The molecule has 2 heterocycles. The minimum absolute atomic E-state index is 0.0362. The van der Waals surface area contributed by atoms with Crippen molar-refractivity contribution in [1.82, 2.24) is 19.9 Å². The maximum atomic E-state index is 12.3. The molecule has 6 nitrogen and oxygen atoms in total. The van der Waals surface area contributed by atoms with Gasteiger partial charge in [-0.05, 0) is 37.1 Å². The lowest BCUT2D eigenvalue weighted by atomic mass is 10.1. The molecule has 0 spiro atoms. The predicted octanol–water partition coefficient (Wildman–Crippen LogP) is 8.22. The van der Waals surface area contributed by atoms with Crippen LogP contribution in [0.25, 0.3) is 44.8 Å². The number of hydrogen-bond donors (Lipinski definition) is 2. The third-order valence-electron chi connectivity index (χ3n) is 6.09. The van der Waals surface area contributed by atoms with Crippen molar-refractivity contribution in [1.29, 1.82) is 0 Å². The van der Waals surface area contributed by atoms with Crippen LogP contribution in [0.3, 0.4) is 0 Å². The summed E-state index contributed by atoms with van der Waals surface area (Å²) >= 11 is 0. The number of fused-ring (bicyclic) bond motifs is 2. The molecule has 0 saturated carbocycles. The molecule has 0 aliphatic rings. The van der Waals surface area contributed by atoms with Crippen LogP contribution in [0.4, 0.5) is 26.3 Å². The SMILES string of the molecule is FC(F)(F)CCCOc1ccc2nc(-c3ccc(-c4nc5ccc(OCCCC(F)(F)F)cc5[nH]4)cc3)[nH]c2c1. The van der Waals surface area contributed by atoms with Crippen molar-refractivity contribution in [3.63, 3.8) is 0 Å². The zero-order chi connectivity index (χ0) is 28.3. The van der Waals surface area contributed by atoms with Gasteiger partial charge in [0.05, 0.1) is 35.3 Å². The van der Waals surface area contributed by atoms with E-state index in [2.05, 4.69) is 19.9 Å². The van der Waals surface area contributed by atoms with Gasteiger partial charge in [0, 0.05) is 36.1 Å². The van der Waals surface area contributed by atoms with Gasteiger partial charge in [-0.2, -0.15) is 26.3 Å². The molecule has 0 aliphatic heterocycles. The van der Waals surface area contributed by atoms with Gasteiger partial charge >= 0.3 is 12.4 Å².